The molecule has 1 aliphatic heterocycles. The minimum Gasteiger partial charge on any atom is -0.377 e. The summed E-state index contributed by atoms with van der Waals surface area (Å²) in [5, 5.41) is 4.26. The first-order chi connectivity index (χ1) is 11.4. The van der Waals surface area contributed by atoms with Crippen LogP contribution in [0, 0.1) is 0 Å². The molecule has 3 nitrogen and oxygen atoms in total. The molecule has 1 atom stereocenters. The molecule has 0 saturated carbocycles. The lowest BCUT2D eigenvalue weighted by Gasteiger charge is -2.22. The smallest absolute Gasteiger partial charge is 0.171 e. The summed E-state index contributed by atoms with van der Waals surface area (Å²) in [5.41, 5.74) is 1.01. The van der Waals surface area contributed by atoms with Crippen LogP contribution in [-0.2, 0) is 4.74 Å². The first kappa shape index (κ1) is 15.1. The quantitative estimate of drug-likeness (QED) is 0.492. The lowest BCUT2D eigenvalue weighted by atomic mass is 10.1. The number of nitrogens with zero attached hydrogens (tertiary/aromatic N) is 2. The van der Waals surface area contributed by atoms with Crippen LogP contribution in [0.1, 0.15) is 19.3 Å². The number of benzene rings is 1. The second-order valence-electron chi connectivity index (χ2n) is 5.65. The van der Waals surface area contributed by atoms with Crippen LogP contribution >= 0.6 is 23.1 Å². The van der Waals surface area contributed by atoms with Gasteiger partial charge in [-0.2, -0.15) is 0 Å². The topological polar surface area (TPSA) is 35.0 Å². The lowest BCUT2D eigenvalue weighted by Crippen LogP contribution is -2.21. The third kappa shape index (κ3) is 3.42. The van der Waals surface area contributed by atoms with Crippen LogP contribution in [0.2, 0.25) is 0 Å². The van der Waals surface area contributed by atoms with E-state index >= 15 is 0 Å². The molecule has 0 N–H and O–H groups in total. The molecule has 118 valence electrons. The van der Waals surface area contributed by atoms with Crippen molar-refractivity contribution in [3.8, 4) is 10.7 Å². The van der Waals surface area contributed by atoms with E-state index in [-0.39, 0.29) is 0 Å². The minimum atomic E-state index is 0.354. The zero-order valence-corrected chi connectivity index (χ0v) is 14.4. The van der Waals surface area contributed by atoms with Crippen molar-refractivity contribution in [2.45, 2.75) is 30.4 Å². The van der Waals surface area contributed by atoms with Gasteiger partial charge in [0.15, 0.2) is 5.82 Å². The van der Waals surface area contributed by atoms with Gasteiger partial charge in [-0.1, -0.05) is 24.3 Å². The van der Waals surface area contributed by atoms with Gasteiger partial charge in [-0.05, 0) is 36.8 Å². The van der Waals surface area contributed by atoms with Crippen molar-refractivity contribution in [1.29, 1.82) is 0 Å². The molecular weight excluding hydrogens is 324 g/mol. The van der Waals surface area contributed by atoms with Gasteiger partial charge in [0.25, 0.3) is 0 Å². The summed E-state index contributed by atoms with van der Waals surface area (Å²) in [5.74, 6) is 1.79. The van der Waals surface area contributed by atoms with E-state index in [1.807, 2.05) is 12.1 Å². The summed E-state index contributed by atoms with van der Waals surface area (Å²) >= 11 is 3.48. The Morgan fingerprint density at radius 3 is 2.91 bits per heavy atom. The molecule has 0 spiro atoms. The Morgan fingerprint density at radius 2 is 2.09 bits per heavy atom. The predicted octanol–water partition coefficient (Wildman–Crippen LogP) is 5.02. The summed E-state index contributed by atoms with van der Waals surface area (Å²) in [7, 11) is 0. The number of fused-ring (bicyclic) bond motifs is 1. The van der Waals surface area contributed by atoms with Crippen molar-refractivity contribution in [1.82, 2.24) is 9.97 Å². The second-order valence-corrected chi connectivity index (χ2v) is 7.60. The molecule has 23 heavy (non-hydrogen) atoms. The standard InChI is InChI=1S/C18H18N2OS2/c1-2-8-15-14(7-1)18(23-12-13-6-3-4-10-21-13)20-17(19-15)16-9-5-11-22-16/h1-2,5,7-9,11,13H,3-4,6,10,12H2. The number of para-hydroxylation sites is 1. The third-order valence-electron chi connectivity index (χ3n) is 3.99. The van der Waals surface area contributed by atoms with Gasteiger partial charge in [-0.3, -0.25) is 0 Å². The van der Waals surface area contributed by atoms with E-state index in [4.69, 9.17) is 14.7 Å². The molecular formula is C18H18N2OS2. The molecule has 2 aromatic heterocycles. The van der Waals surface area contributed by atoms with Gasteiger partial charge in [0, 0.05) is 17.7 Å². The fourth-order valence-corrected chi connectivity index (χ4v) is 4.53. The maximum atomic E-state index is 5.85. The monoisotopic (exact) mass is 342 g/mol. The summed E-state index contributed by atoms with van der Waals surface area (Å²) in [4.78, 5) is 10.7. The summed E-state index contributed by atoms with van der Waals surface area (Å²) < 4.78 is 5.85. The molecule has 5 heteroatoms. The van der Waals surface area contributed by atoms with Gasteiger partial charge in [0.05, 0.1) is 16.5 Å². The zero-order valence-electron chi connectivity index (χ0n) is 12.8. The third-order valence-corrected chi connectivity index (χ3v) is 5.98. The van der Waals surface area contributed by atoms with Gasteiger partial charge < -0.3 is 4.74 Å². The number of aromatic nitrogens is 2. The van der Waals surface area contributed by atoms with Crippen LogP contribution in [0.15, 0.2) is 46.8 Å². The second kappa shape index (κ2) is 6.99. The largest absolute Gasteiger partial charge is 0.377 e. The van der Waals surface area contributed by atoms with Crippen molar-refractivity contribution in [2.75, 3.05) is 12.4 Å². The predicted molar refractivity (Wildman–Crippen MR) is 97.2 cm³/mol. The van der Waals surface area contributed by atoms with Gasteiger partial charge >= 0.3 is 0 Å². The molecule has 1 unspecified atom stereocenters. The van der Waals surface area contributed by atoms with E-state index in [1.54, 1.807) is 23.1 Å². The Bertz CT molecular complexity index is 783. The highest BCUT2D eigenvalue weighted by atomic mass is 32.2. The van der Waals surface area contributed by atoms with Crippen molar-refractivity contribution < 1.29 is 4.74 Å². The van der Waals surface area contributed by atoms with Gasteiger partial charge in [-0.25, -0.2) is 9.97 Å². The number of hydrogen-bond donors (Lipinski definition) is 0. The highest BCUT2D eigenvalue weighted by Gasteiger charge is 2.16. The van der Waals surface area contributed by atoms with Crippen LogP contribution < -0.4 is 0 Å². The lowest BCUT2D eigenvalue weighted by molar-refractivity contribution is 0.0315. The first-order valence-electron chi connectivity index (χ1n) is 7.95. The van der Waals surface area contributed by atoms with Crippen LogP contribution in [0.3, 0.4) is 0 Å². The van der Waals surface area contributed by atoms with Crippen molar-refractivity contribution in [3.63, 3.8) is 0 Å². The Balaban J connectivity index is 1.66. The molecule has 1 aromatic carbocycles. The Labute approximate surface area is 144 Å². The fourth-order valence-electron chi connectivity index (χ4n) is 2.78. The molecule has 0 amide bonds. The molecule has 0 radical (unpaired) electrons. The van der Waals surface area contributed by atoms with Crippen LogP contribution in [-0.4, -0.2) is 28.4 Å². The molecule has 4 rings (SSSR count). The SMILES string of the molecule is c1csc(-c2nc(SCC3CCCCO3)c3ccccc3n2)c1. The average Bonchev–Trinajstić information content (AvgIpc) is 3.15. The van der Waals surface area contributed by atoms with E-state index in [0.717, 1.165) is 45.4 Å². The van der Waals surface area contributed by atoms with Crippen LogP contribution in [0.5, 0.6) is 0 Å². The van der Waals surface area contributed by atoms with Crippen molar-refractivity contribution in [3.05, 3.63) is 41.8 Å². The molecule has 3 aromatic rings. The summed E-state index contributed by atoms with van der Waals surface area (Å²) in [6.45, 7) is 0.899. The number of thiophene rings is 1. The summed E-state index contributed by atoms with van der Waals surface area (Å²) in [6, 6.07) is 12.4. The van der Waals surface area contributed by atoms with Crippen molar-refractivity contribution in [2.24, 2.45) is 0 Å². The number of thioether (sulfide) groups is 1. The molecule has 1 aliphatic rings. The van der Waals surface area contributed by atoms with E-state index < -0.39 is 0 Å². The maximum absolute atomic E-state index is 5.85. The molecule has 1 fully saturated rings. The Hall–Kier alpha value is -1.43. The Kier molecular flexibility index (Phi) is 4.60. The maximum Gasteiger partial charge on any atom is 0.171 e. The first-order valence-corrected chi connectivity index (χ1v) is 9.82. The molecule has 0 aliphatic carbocycles. The minimum absolute atomic E-state index is 0.354. The van der Waals surface area contributed by atoms with E-state index in [1.165, 1.54) is 12.8 Å². The van der Waals surface area contributed by atoms with E-state index in [2.05, 4.69) is 29.6 Å². The summed E-state index contributed by atoms with van der Waals surface area (Å²) in [6.07, 6.45) is 3.98. The molecule has 0 bridgehead atoms. The highest BCUT2D eigenvalue weighted by molar-refractivity contribution is 7.99. The van der Waals surface area contributed by atoms with Gasteiger partial charge in [0.1, 0.15) is 5.03 Å². The van der Waals surface area contributed by atoms with E-state index in [0.29, 0.717) is 6.10 Å². The van der Waals surface area contributed by atoms with Crippen LogP contribution in [0.25, 0.3) is 21.6 Å². The molecule has 3 heterocycles. The number of rotatable bonds is 4. The zero-order chi connectivity index (χ0) is 15.5. The molecule has 1 saturated heterocycles. The highest BCUT2D eigenvalue weighted by Crippen LogP contribution is 2.31. The fraction of sp³-hybridized carbons (Fsp3) is 0.333. The van der Waals surface area contributed by atoms with Gasteiger partial charge in [-0.15, -0.1) is 23.1 Å². The van der Waals surface area contributed by atoms with Crippen LogP contribution in [0.4, 0.5) is 0 Å². The Morgan fingerprint density at radius 1 is 1.13 bits per heavy atom. The number of hydrogen-bond acceptors (Lipinski definition) is 5. The average molecular weight is 342 g/mol. The van der Waals surface area contributed by atoms with Crippen molar-refractivity contribution >= 4 is 34.0 Å². The normalized spacial score (nSPS) is 18.3. The van der Waals surface area contributed by atoms with Gasteiger partial charge in [0.2, 0.25) is 0 Å². The van der Waals surface area contributed by atoms with E-state index in [9.17, 15) is 0 Å². The number of ether oxygens (including phenoxy) is 1.